The zero-order chi connectivity index (χ0) is 30.9. The molecule has 4 aromatic rings. The van der Waals surface area contributed by atoms with Crippen LogP contribution in [0.1, 0.15) is 63.5 Å². The molecule has 3 N–H and O–H groups in total. The first-order chi connectivity index (χ1) is 20.8. The Balaban J connectivity index is 0.000000934. The van der Waals surface area contributed by atoms with E-state index in [1.54, 1.807) is 0 Å². The molecule has 0 spiro atoms. The van der Waals surface area contributed by atoms with Crippen molar-refractivity contribution in [2.75, 3.05) is 32.6 Å². The monoisotopic (exact) mass is 608 g/mol. The molecule has 0 aliphatic rings. The summed E-state index contributed by atoms with van der Waals surface area (Å²) in [4.78, 5) is 0. The largest absolute Gasteiger partial charge is 0.493 e. The number of unbranched alkanes of at least 4 members (excludes halogenated alkanes) is 3. The summed E-state index contributed by atoms with van der Waals surface area (Å²) >= 11 is 0. The SMILES string of the molecule is CCCOc1ccc(CNCCCCCCNCc2ccc(OCCC)c3ccccc23)c2ccccc12.CS(=O)(=O)O. The highest BCUT2D eigenvalue weighted by Crippen LogP contribution is 2.30. The number of benzene rings is 4. The molecule has 0 heterocycles. The molecule has 0 aliphatic carbocycles. The third-order valence-electron chi connectivity index (χ3n) is 6.96. The predicted molar refractivity (Wildman–Crippen MR) is 179 cm³/mol. The summed E-state index contributed by atoms with van der Waals surface area (Å²) < 4.78 is 37.8. The van der Waals surface area contributed by atoms with Crippen LogP contribution in [0.2, 0.25) is 0 Å². The van der Waals surface area contributed by atoms with Crippen LogP contribution >= 0.6 is 0 Å². The minimum absolute atomic E-state index is 0.715. The molecule has 0 bridgehead atoms. The number of hydrogen-bond acceptors (Lipinski definition) is 6. The second kappa shape index (κ2) is 18.5. The molecule has 8 heteroatoms. The quantitative estimate of drug-likeness (QED) is 0.0843. The fraction of sp³-hybridized carbons (Fsp3) is 0.429. The lowest BCUT2D eigenvalue weighted by atomic mass is 10.0. The van der Waals surface area contributed by atoms with E-state index in [1.807, 2.05) is 0 Å². The van der Waals surface area contributed by atoms with Gasteiger partial charge in [0.25, 0.3) is 10.1 Å². The van der Waals surface area contributed by atoms with Crippen molar-refractivity contribution in [3.8, 4) is 11.5 Å². The summed E-state index contributed by atoms with van der Waals surface area (Å²) in [6.07, 6.45) is 7.69. The Morgan fingerprint density at radius 1 is 0.605 bits per heavy atom. The smallest absolute Gasteiger partial charge is 0.261 e. The van der Waals surface area contributed by atoms with E-state index in [0.717, 1.165) is 63.7 Å². The van der Waals surface area contributed by atoms with Gasteiger partial charge in [-0.05, 0) is 72.8 Å². The molecule has 4 aromatic carbocycles. The molecular formula is C35H48N2O5S. The minimum atomic E-state index is -3.67. The molecule has 0 amide bonds. The molecule has 7 nitrogen and oxygen atoms in total. The molecule has 234 valence electrons. The number of fused-ring (bicyclic) bond motifs is 2. The number of rotatable bonds is 17. The van der Waals surface area contributed by atoms with Crippen LogP contribution in [0.15, 0.2) is 72.8 Å². The molecule has 0 aliphatic heterocycles. The fourth-order valence-electron chi connectivity index (χ4n) is 4.95. The first-order valence-corrected chi connectivity index (χ1v) is 17.3. The third-order valence-corrected chi connectivity index (χ3v) is 6.96. The lowest BCUT2D eigenvalue weighted by Gasteiger charge is -2.13. The summed E-state index contributed by atoms with van der Waals surface area (Å²) in [5.41, 5.74) is 2.68. The van der Waals surface area contributed by atoms with Crippen molar-refractivity contribution >= 4 is 31.7 Å². The third kappa shape index (κ3) is 12.2. The Bertz CT molecular complexity index is 1400. The second-order valence-electron chi connectivity index (χ2n) is 10.7. The van der Waals surface area contributed by atoms with Crippen molar-refractivity contribution in [3.05, 3.63) is 83.9 Å². The standard InChI is InChI=1S/C34H44N2O2.CH4O3S/c1-3-23-37-33-19-17-27(29-13-7-9-15-31(29)33)25-35-21-11-5-6-12-22-36-26-28-18-20-34(38-24-4-2)32-16-10-8-14-30(28)32;1-5(2,3)4/h7-10,13-20,35-36H,3-6,11-12,21-26H2,1-2H3;1H3,(H,2,3,4). The summed E-state index contributed by atoms with van der Waals surface area (Å²) in [5.74, 6) is 1.98. The van der Waals surface area contributed by atoms with Crippen LogP contribution in [0.3, 0.4) is 0 Å². The first kappa shape index (κ1) is 34.3. The summed E-state index contributed by atoms with van der Waals surface area (Å²) in [5, 5.41) is 12.3. The van der Waals surface area contributed by atoms with E-state index in [9.17, 15) is 8.42 Å². The van der Waals surface area contributed by atoms with Gasteiger partial charge in [-0.1, -0.05) is 87.4 Å². The Kier molecular flexibility index (Phi) is 14.8. The summed E-state index contributed by atoms with van der Waals surface area (Å²) in [7, 11) is -3.67. The molecule has 0 saturated carbocycles. The lowest BCUT2D eigenvalue weighted by Crippen LogP contribution is -2.16. The van der Waals surface area contributed by atoms with Crippen molar-refractivity contribution < 1.29 is 22.4 Å². The van der Waals surface area contributed by atoms with Gasteiger partial charge in [-0.2, -0.15) is 8.42 Å². The van der Waals surface area contributed by atoms with Gasteiger partial charge in [-0.25, -0.2) is 0 Å². The van der Waals surface area contributed by atoms with Gasteiger partial charge in [0.2, 0.25) is 0 Å². The highest BCUT2D eigenvalue weighted by molar-refractivity contribution is 7.85. The van der Waals surface area contributed by atoms with Crippen LogP contribution in [-0.4, -0.2) is 45.5 Å². The van der Waals surface area contributed by atoms with Gasteiger partial charge in [0.1, 0.15) is 11.5 Å². The van der Waals surface area contributed by atoms with E-state index >= 15 is 0 Å². The topological polar surface area (TPSA) is 96.9 Å². The molecule has 0 saturated heterocycles. The Morgan fingerprint density at radius 3 is 1.35 bits per heavy atom. The molecule has 0 radical (unpaired) electrons. The van der Waals surface area contributed by atoms with Crippen molar-refractivity contribution in [2.24, 2.45) is 0 Å². The van der Waals surface area contributed by atoms with Crippen molar-refractivity contribution in [1.29, 1.82) is 0 Å². The van der Waals surface area contributed by atoms with Crippen LogP contribution in [-0.2, 0) is 23.2 Å². The molecule has 0 aromatic heterocycles. The minimum Gasteiger partial charge on any atom is -0.493 e. The van der Waals surface area contributed by atoms with E-state index in [-0.39, 0.29) is 0 Å². The van der Waals surface area contributed by atoms with E-state index in [4.69, 9.17) is 14.0 Å². The summed E-state index contributed by atoms with van der Waals surface area (Å²) in [6.45, 7) is 9.69. The Hall–Kier alpha value is -3.17. The highest BCUT2D eigenvalue weighted by atomic mass is 32.2. The first-order valence-electron chi connectivity index (χ1n) is 15.4. The molecule has 0 unspecified atom stereocenters. The fourth-order valence-corrected chi connectivity index (χ4v) is 4.95. The van der Waals surface area contributed by atoms with Crippen molar-refractivity contribution in [2.45, 2.75) is 65.5 Å². The van der Waals surface area contributed by atoms with E-state index in [0.29, 0.717) is 6.26 Å². The van der Waals surface area contributed by atoms with Crippen LogP contribution in [0, 0.1) is 0 Å². The maximum absolute atomic E-state index is 9.19. The predicted octanol–water partition coefficient (Wildman–Crippen LogP) is 7.51. The van der Waals surface area contributed by atoms with Gasteiger partial charge in [0, 0.05) is 23.9 Å². The maximum atomic E-state index is 9.19. The average Bonchev–Trinajstić information content (AvgIpc) is 2.99. The molecular weight excluding hydrogens is 560 g/mol. The van der Waals surface area contributed by atoms with Gasteiger partial charge in [-0.15, -0.1) is 0 Å². The van der Waals surface area contributed by atoms with Crippen molar-refractivity contribution in [1.82, 2.24) is 10.6 Å². The second-order valence-corrected chi connectivity index (χ2v) is 12.2. The number of hydrogen-bond donors (Lipinski definition) is 3. The zero-order valence-corrected chi connectivity index (χ0v) is 26.7. The number of nitrogens with one attached hydrogen (secondary N) is 2. The Labute approximate surface area is 257 Å². The van der Waals surface area contributed by atoms with Crippen LogP contribution in [0.4, 0.5) is 0 Å². The highest BCUT2D eigenvalue weighted by Gasteiger charge is 2.08. The summed E-state index contributed by atoms with van der Waals surface area (Å²) in [6, 6.07) is 25.8. The molecule has 4 rings (SSSR count). The van der Waals surface area contributed by atoms with Gasteiger partial charge in [0.05, 0.1) is 19.5 Å². The van der Waals surface area contributed by atoms with Crippen LogP contribution in [0.25, 0.3) is 21.5 Å². The average molecular weight is 609 g/mol. The van der Waals surface area contributed by atoms with Crippen LogP contribution < -0.4 is 20.1 Å². The van der Waals surface area contributed by atoms with Crippen LogP contribution in [0.5, 0.6) is 11.5 Å². The van der Waals surface area contributed by atoms with Gasteiger partial charge in [0.15, 0.2) is 0 Å². The zero-order valence-electron chi connectivity index (χ0n) is 25.9. The molecule has 43 heavy (non-hydrogen) atoms. The molecule has 0 atom stereocenters. The van der Waals surface area contributed by atoms with E-state index < -0.39 is 10.1 Å². The Morgan fingerprint density at radius 2 is 0.977 bits per heavy atom. The van der Waals surface area contributed by atoms with E-state index in [2.05, 4.69) is 97.3 Å². The van der Waals surface area contributed by atoms with E-state index in [1.165, 1.54) is 58.4 Å². The maximum Gasteiger partial charge on any atom is 0.261 e. The van der Waals surface area contributed by atoms with Gasteiger partial charge in [-0.3, -0.25) is 4.55 Å². The normalized spacial score (nSPS) is 11.3. The van der Waals surface area contributed by atoms with Crippen molar-refractivity contribution in [3.63, 3.8) is 0 Å². The van der Waals surface area contributed by atoms with Gasteiger partial charge < -0.3 is 20.1 Å². The lowest BCUT2D eigenvalue weighted by molar-refractivity contribution is 0.321. The molecule has 0 fully saturated rings. The van der Waals surface area contributed by atoms with Gasteiger partial charge >= 0.3 is 0 Å². The number of ether oxygens (including phenoxy) is 2.